The third-order valence-corrected chi connectivity index (χ3v) is 3.88. The van der Waals surface area contributed by atoms with Gasteiger partial charge in [-0.15, -0.1) is 0 Å². The fraction of sp³-hybridized carbons (Fsp3) is 0.353. The minimum atomic E-state index is 0.212. The molecular formula is C17H20N6. The number of hydrogen-bond donors (Lipinski definition) is 1. The van der Waals surface area contributed by atoms with Gasteiger partial charge in [0.1, 0.15) is 12.5 Å². The van der Waals surface area contributed by atoms with Crippen LogP contribution in [0, 0.1) is 5.41 Å². The molecule has 1 N–H and O–H groups in total. The molecule has 0 aliphatic carbocycles. The van der Waals surface area contributed by atoms with Gasteiger partial charge in [-0.2, -0.15) is 5.10 Å². The summed E-state index contributed by atoms with van der Waals surface area (Å²) in [4.78, 5) is 14.5. The maximum Gasteiger partial charge on any atom is 0.153 e. The number of nitrogens with zero attached hydrogens (tertiary/aromatic N) is 5. The normalized spacial score (nSPS) is 14.5. The summed E-state index contributed by atoms with van der Waals surface area (Å²) < 4.78 is 1.79. The monoisotopic (exact) mass is 308 g/mol. The predicted molar refractivity (Wildman–Crippen MR) is 92.0 cm³/mol. The zero-order chi connectivity index (χ0) is 16.0. The number of rotatable bonds is 2. The minimum Gasteiger partial charge on any atom is -0.347 e. The third kappa shape index (κ3) is 2.50. The first-order valence-corrected chi connectivity index (χ1v) is 7.78. The summed E-state index contributed by atoms with van der Waals surface area (Å²) in [5, 5.41) is 4.64. The second kappa shape index (κ2) is 4.94. The van der Waals surface area contributed by atoms with E-state index < -0.39 is 0 Å². The lowest BCUT2D eigenvalue weighted by Gasteiger charge is -2.31. The number of anilines is 1. The fourth-order valence-electron chi connectivity index (χ4n) is 2.99. The number of H-pyrrole nitrogens is 1. The Morgan fingerprint density at radius 2 is 2.13 bits per heavy atom. The lowest BCUT2D eigenvalue weighted by atomic mass is 9.96. The van der Waals surface area contributed by atoms with Gasteiger partial charge in [0.2, 0.25) is 0 Å². The molecule has 4 rings (SSSR count). The van der Waals surface area contributed by atoms with Crippen LogP contribution in [0.4, 0.5) is 5.82 Å². The van der Waals surface area contributed by atoms with Crippen molar-refractivity contribution >= 4 is 17.7 Å². The molecular weight excluding hydrogens is 288 g/mol. The summed E-state index contributed by atoms with van der Waals surface area (Å²) >= 11 is 0. The van der Waals surface area contributed by atoms with Gasteiger partial charge in [0.15, 0.2) is 5.65 Å². The van der Waals surface area contributed by atoms with Crippen molar-refractivity contribution in [1.29, 1.82) is 0 Å². The molecule has 0 fully saturated rings. The van der Waals surface area contributed by atoms with Crippen molar-refractivity contribution in [2.75, 3.05) is 18.1 Å². The zero-order valence-corrected chi connectivity index (χ0v) is 13.6. The van der Waals surface area contributed by atoms with Crippen LogP contribution in [0.5, 0.6) is 0 Å². The van der Waals surface area contributed by atoms with E-state index >= 15 is 0 Å². The van der Waals surface area contributed by atoms with Crippen molar-refractivity contribution in [2.45, 2.75) is 20.8 Å². The quantitative estimate of drug-likeness (QED) is 0.791. The second-order valence-corrected chi connectivity index (χ2v) is 7.12. The molecule has 0 radical (unpaired) electrons. The molecule has 3 aromatic heterocycles. The molecule has 23 heavy (non-hydrogen) atoms. The van der Waals surface area contributed by atoms with Crippen LogP contribution in [0.2, 0.25) is 0 Å². The van der Waals surface area contributed by atoms with Crippen molar-refractivity contribution in [3.8, 4) is 11.3 Å². The van der Waals surface area contributed by atoms with E-state index in [0.717, 1.165) is 34.8 Å². The summed E-state index contributed by atoms with van der Waals surface area (Å²) in [6.45, 7) is 8.36. The number of aliphatic imine (C=N–C) groups is 1. The molecule has 118 valence electrons. The number of aromatic nitrogens is 4. The second-order valence-electron chi connectivity index (χ2n) is 7.12. The highest BCUT2D eigenvalue weighted by Gasteiger charge is 2.24. The number of hydrogen-bond acceptors (Lipinski definition) is 4. The Labute approximate surface area is 134 Å². The number of imidazole rings is 1. The molecule has 0 spiro atoms. The highest BCUT2D eigenvalue weighted by molar-refractivity contribution is 5.97. The van der Waals surface area contributed by atoms with Crippen molar-refractivity contribution in [1.82, 2.24) is 19.6 Å². The Bertz CT molecular complexity index is 880. The van der Waals surface area contributed by atoms with E-state index in [2.05, 4.69) is 45.7 Å². The van der Waals surface area contributed by atoms with E-state index in [0.29, 0.717) is 6.67 Å². The van der Waals surface area contributed by atoms with Gasteiger partial charge in [0.05, 0.1) is 5.69 Å². The standard InChI is InChI=1S/C17H20N6/c1-17(2,3)10-22-11-18-8-13-12(9-20-16(13)22)14-4-5-15-19-6-7-23(15)21-14/h4-9,20H,10-11H2,1-3H3. The first-order chi connectivity index (χ1) is 11.0. The molecule has 0 amide bonds. The molecule has 1 aliphatic heterocycles. The molecule has 0 bridgehead atoms. The van der Waals surface area contributed by atoms with E-state index in [1.54, 1.807) is 10.7 Å². The Morgan fingerprint density at radius 1 is 1.26 bits per heavy atom. The Morgan fingerprint density at radius 3 is 2.96 bits per heavy atom. The molecule has 0 saturated carbocycles. The van der Waals surface area contributed by atoms with Gasteiger partial charge in [-0.1, -0.05) is 20.8 Å². The highest BCUT2D eigenvalue weighted by atomic mass is 15.3. The van der Waals surface area contributed by atoms with Gasteiger partial charge in [0.25, 0.3) is 0 Å². The van der Waals surface area contributed by atoms with Crippen LogP contribution in [0.15, 0.2) is 35.7 Å². The number of nitrogens with one attached hydrogen (secondary N) is 1. The van der Waals surface area contributed by atoms with Gasteiger partial charge < -0.3 is 9.88 Å². The van der Waals surface area contributed by atoms with Crippen LogP contribution < -0.4 is 4.90 Å². The maximum absolute atomic E-state index is 4.64. The lowest BCUT2D eigenvalue weighted by molar-refractivity contribution is 0.409. The molecule has 0 atom stereocenters. The first kappa shape index (κ1) is 14.0. The molecule has 3 aromatic rings. The average molecular weight is 308 g/mol. The van der Waals surface area contributed by atoms with Gasteiger partial charge in [-0.25, -0.2) is 9.50 Å². The fourth-order valence-corrected chi connectivity index (χ4v) is 2.99. The topological polar surface area (TPSA) is 61.6 Å². The molecule has 6 heteroatoms. The lowest BCUT2D eigenvalue weighted by Crippen LogP contribution is -2.35. The SMILES string of the molecule is CC(C)(C)CN1CN=Cc2c(-c3ccc4nccn4n3)c[nH]c21. The zero-order valence-electron chi connectivity index (χ0n) is 13.6. The molecule has 6 nitrogen and oxygen atoms in total. The maximum atomic E-state index is 4.64. The highest BCUT2D eigenvalue weighted by Crippen LogP contribution is 2.32. The summed E-state index contributed by atoms with van der Waals surface area (Å²) in [6, 6.07) is 3.98. The van der Waals surface area contributed by atoms with Gasteiger partial charge in [-0.05, 0) is 17.5 Å². The van der Waals surface area contributed by atoms with E-state index in [1.165, 1.54) is 0 Å². The smallest absolute Gasteiger partial charge is 0.153 e. The predicted octanol–water partition coefficient (Wildman–Crippen LogP) is 2.97. The van der Waals surface area contributed by atoms with Crippen molar-refractivity contribution in [3.05, 3.63) is 36.3 Å². The van der Waals surface area contributed by atoms with E-state index in [-0.39, 0.29) is 5.41 Å². The van der Waals surface area contributed by atoms with Crippen LogP contribution in [0.1, 0.15) is 26.3 Å². The van der Waals surface area contributed by atoms with E-state index in [9.17, 15) is 0 Å². The van der Waals surface area contributed by atoms with Crippen LogP contribution >= 0.6 is 0 Å². The molecule has 0 aromatic carbocycles. The number of aromatic amines is 1. The van der Waals surface area contributed by atoms with Crippen molar-refractivity contribution in [2.24, 2.45) is 10.4 Å². The van der Waals surface area contributed by atoms with Gasteiger partial charge in [-0.3, -0.25) is 4.99 Å². The summed E-state index contributed by atoms with van der Waals surface area (Å²) in [5.74, 6) is 1.12. The summed E-state index contributed by atoms with van der Waals surface area (Å²) in [5.41, 5.74) is 4.15. The van der Waals surface area contributed by atoms with Crippen molar-refractivity contribution < 1.29 is 0 Å². The Kier molecular flexibility index (Phi) is 3.01. The molecule has 1 aliphatic rings. The van der Waals surface area contributed by atoms with Crippen LogP contribution in [-0.4, -0.2) is 39.0 Å². The first-order valence-electron chi connectivity index (χ1n) is 7.78. The molecule has 0 saturated heterocycles. The molecule has 0 unspecified atom stereocenters. The van der Waals surface area contributed by atoms with Gasteiger partial charge >= 0.3 is 0 Å². The van der Waals surface area contributed by atoms with Crippen LogP contribution in [0.3, 0.4) is 0 Å². The largest absolute Gasteiger partial charge is 0.347 e. The van der Waals surface area contributed by atoms with Crippen molar-refractivity contribution in [3.63, 3.8) is 0 Å². The number of fused-ring (bicyclic) bond motifs is 2. The average Bonchev–Trinajstić information content (AvgIpc) is 3.11. The van der Waals surface area contributed by atoms with Gasteiger partial charge in [0, 0.05) is 42.5 Å². The third-order valence-electron chi connectivity index (χ3n) is 3.88. The molecule has 4 heterocycles. The van der Waals surface area contributed by atoms with Crippen LogP contribution in [0.25, 0.3) is 16.9 Å². The van der Waals surface area contributed by atoms with E-state index in [4.69, 9.17) is 0 Å². The Balaban J connectivity index is 1.76. The summed E-state index contributed by atoms with van der Waals surface area (Å²) in [6.07, 6.45) is 7.58. The summed E-state index contributed by atoms with van der Waals surface area (Å²) in [7, 11) is 0. The Hall–Kier alpha value is -2.63. The minimum absolute atomic E-state index is 0.212. The van der Waals surface area contributed by atoms with E-state index in [1.807, 2.05) is 30.7 Å². The van der Waals surface area contributed by atoms with Crippen LogP contribution in [-0.2, 0) is 0 Å².